The molecule has 0 radical (unpaired) electrons. The Morgan fingerprint density at radius 1 is 1.27 bits per heavy atom. The number of likely N-dealkylation sites (N-methyl/N-ethyl adjacent to an activating group) is 1. The van der Waals surface area contributed by atoms with Gasteiger partial charge in [-0.05, 0) is 39.1 Å². The molecule has 1 heterocycles. The van der Waals surface area contributed by atoms with E-state index in [0.717, 1.165) is 11.3 Å². The normalized spacial score (nSPS) is 13.9. The molecule has 0 aliphatic carbocycles. The summed E-state index contributed by atoms with van der Waals surface area (Å²) in [4.78, 5) is 37.2. The van der Waals surface area contributed by atoms with Crippen molar-refractivity contribution in [3.05, 3.63) is 21.9 Å². The molecule has 7 heteroatoms. The molecule has 1 aromatic rings. The number of hydrogen-bond donors (Lipinski definition) is 0. The third-order valence-corrected chi connectivity index (χ3v) is 4.07. The van der Waals surface area contributed by atoms with Crippen molar-refractivity contribution in [2.24, 2.45) is 0 Å². The van der Waals surface area contributed by atoms with Gasteiger partial charge in [-0.1, -0.05) is 0 Å². The van der Waals surface area contributed by atoms with Gasteiger partial charge in [-0.15, -0.1) is 11.3 Å². The van der Waals surface area contributed by atoms with Crippen LogP contribution in [0, 0.1) is 0 Å². The average molecular weight is 327 g/mol. The summed E-state index contributed by atoms with van der Waals surface area (Å²) in [6, 6.07) is 1.63. The van der Waals surface area contributed by atoms with Crippen LogP contribution in [0.3, 0.4) is 0 Å². The van der Waals surface area contributed by atoms with E-state index in [2.05, 4.69) is 0 Å². The first-order valence-corrected chi connectivity index (χ1v) is 7.54. The fourth-order valence-electron chi connectivity index (χ4n) is 1.80. The molecule has 0 fully saturated rings. The van der Waals surface area contributed by atoms with Crippen molar-refractivity contribution in [2.45, 2.75) is 38.8 Å². The first kappa shape index (κ1) is 18.2. The van der Waals surface area contributed by atoms with E-state index in [9.17, 15) is 14.4 Å². The van der Waals surface area contributed by atoms with Crippen LogP contribution < -0.4 is 0 Å². The molecule has 6 nitrogen and oxygen atoms in total. The van der Waals surface area contributed by atoms with Gasteiger partial charge in [-0.3, -0.25) is 4.90 Å². The topological polar surface area (TPSA) is 72.9 Å². The van der Waals surface area contributed by atoms with Crippen molar-refractivity contribution >= 4 is 29.7 Å². The lowest BCUT2D eigenvalue weighted by Crippen LogP contribution is -2.48. The molecule has 0 aliphatic heterocycles. The highest BCUT2D eigenvalue weighted by Gasteiger charge is 2.40. The number of methoxy groups -OCH3 is 1. The summed E-state index contributed by atoms with van der Waals surface area (Å²) in [6.07, 6.45) is -0.0325. The number of aldehydes is 1. The minimum Gasteiger partial charge on any atom is -0.465 e. The molecule has 0 N–H and O–H groups in total. The quantitative estimate of drug-likeness (QED) is 0.628. The predicted molar refractivity (Wildman–Crippen MR) is 83.1 cm³/mol. The van der Waals surface area contributed by atoms with Crippen LogP contribution in [0.15, 0.2) is 11.4 Å². The summed E-state index contributed by atoms with van der Waals surface area (Å²) in [6.45, 7) is 6.77. The second-order valence-corrected chi connectivity index (χ2v) is 6.88. The minimum atomic E-state index is -1.33. The first-order valence-electron chi connectivity index (χ1n) is 6.66. The highest BCUT2D eigenvalue weighted by atomic mass is 32.1. The molecule has 1 unspecified atom stereocenters. The van der Waals surface area contributed by atoms with Gasteiger partial charge < -0.3 is 14.3 Å². The molecule has 0 aromatic carbocycles. The van der Waals surface area contributed by atoms with Gasteiger partial charge in [0.05, 0.1) is 7.11 Å². The van der Waals surface area contributed by atoms with E-state index in [0.29, 0.717) is 11.8 Å². The van der Waals surface area contributed by atoms with Crippen molar-refractivity contribution in [1.82, 2.24) is 4.90 Å². The van der Waals surface area contributed by atoms with Crippen molar-refractivity contribution in [1.29, 1.82) is 0 Å². The molecule has 0 saturated heterocycles. The van der Waals surface area contributed by atoms with Crippen LogP contribution in [0.2, 0.25) is 0 Å². The lowest BCUT2D eigenvalue weighted by Gasteiger charge is -2.35. The molecule has 1 atom stereocenters. The minimum absolute atomic E-state index is 0.285. The van der Waals surface area contributed by atoms with Gasteiger partial charge in [0.25, 0.3) is 0 Å². The van der Waals surface area contributed by atoms with E-state index in [1.807, 2.05) is 0 Å². The molecular weight excluding hydrogens is 306 g/mol. The standard InChI is InChI=1S/C15H21NO5S/c1-14(2,3)21-13(19)16(5)15(4,9-17)10-7-8-22-11(10)12(18)20-6/h7-9H,1-6H3. The van der Waals surface area contributed by atoms with Gasteiger partial charge in [0.1, 0.15) is 22.3 Å². The van der Waals surface area contributed by atoms with Crippen LogP contribution in [0.1, 0.15) is 42.9 Å². The second kappa shape index (κ2) is 6.48. The number of hydrogen-bond acceptors (Lipinski definition) is 6. The molecule has 0 spiro atoms. The highest BCUT2D eigenvalue weighted by molar-refractivity contribution is 7.12. The number of esters is 1. The Kier molecular flexibility index (Phi) is 5.35. The summed E-state index contributed by atoms with van der Waals surface area (Å²) in [5.74, 6) is -0.546. The largest absolute Gasteiger partial charge is 0.465 e. The average Bonchev–Trinajstić information content (AvgIpc) is 2.92. The maximum absolute atomic E-state index is 12.2. The smallest absolute Gasteiger partial charge is 0.411 e. The Hall–Kier alpha value is -1.89. The van der Waals surface area contributed by atoms with Crippen molar-refractivity contribution in [3.8, 4) is 0 Å². The van der Waals surface area contributed by atoms with Crippen LogP contribution in [0.4, 0.5) is 4.79 Å². The molecule has 0 aliphatic rings. The third kappa shape index (κ3) is 3.65. The first-order chi connectivity index (χ1) is 10.1. The molecule has 0 saturated carbocycles. The number of carbonyl (C=O) groups excluding carboxylic acids is 3. The Morgan fingerprint density at radius 3 is 2.32 bits per heavy atom. The van der Waals surface area contributed by atoms with Crippen LogP contribution in [0.5, 0.6) is 0 Å². The van der Waals surface area contributed by atoms with Gasteiger partial charge >= 0.3 is 12.1 Å². The van der Waals surface area contributed by atoms with Crippen LogP contribution in [-0.2, 0) is 19.8 Å². The zero-order chi connectivity index (χ0) is 17.1. The second-order valence-electron chi connectivity index (χ2n) is 5.96. The number of amides is 1. The summed E-state index contributed by atoms with van der Waals surface area (Å²) in [5.41, 5.74) is -1.60. The number of thiophene rings is 1. The number of carbonyl (C=O) groups is 3. The molecule has 1 amide bonds. The molecule has 0 bridgehead atoms. The lowest BCUT2D eigenvalue weighted by atomic mass is 9.92. The van der Waals surface area contributed by atoms with Gasteiger partial charge in [0.2, 0.25) is 0 Å². The summed E-state index contributed by atoms with van der Waals surface area (Å²) in [7, 11) is 2.73. The molecular formula is C15H21NO5S. The van der Waals surface area contributed by atoms with Gasteiger partial charge in [-0.25, -0.2) is 9.59 Å². The number of nitrogens with zero attached hydrogens (tertiary/aromatic N) is 1. The van der Waals surface area contributed by atoms with Crippen molar-refractivity contribution in [2.75, 3.05) is 14.2 Å². The van der Waals surface area contributed by atoms with E-state index in [1.165, 1.54) is 19.1 Å². The zero-order valence-corrected chi connectivity index (χ0v) is 14.4. The maximum Gasteiger partial charge on any atom is 0.411 e. The summed E-state index contributed by atoms with van der Waals surface area (Å²) >= 11 is 1.15. The van der Waals surface area contributed by atoms with Crippen LogP contribution >= 0.6 is 11.3 Å². The monoisotopic (exact) mass is 327 g/mol. The van der Waals surface area contributed by atoms with Crippen LogP contribution in [-0.4, -0.2) is 43.0 Å². The van der Waals surface area contributed by atoms with Crippen LogP contribution in [0.25, 0.3) is 0 Å². The summed E-state index contributed by atoms with van der Waals surface area (Å²) in [5, 5.41) is 1.67. The molecule has 1 rings (SSSR count). The Labute approximate surface area is 134 Å². The van der Waals surface area contributed by atoms with E-state index in [-0.39, 0.29) is 4.88 Å². The van der Waals surface area contributed by atoms with E-state index in [1.54, 1.807) is 39.1 Å². The summed E-state index contributed by atoms with van der Waals surface area (Å²) < 4.78 is 10.0. The Morgan fingerprint density at radius 2 is 1.86 bits per heavy atom. The van der Waals surface area contributed by atoms with E-state index >= 15 is 0 Å². The van der Waals surface area contributed by atoms with Gasteiger partial charge in [-0.2, -0.15) is 0 Å². The van der Waals surface area contributed by atoms with Crippen molar-refractivity contribution in [3.63, 3.8) is 0 Å². The fraction of sp³-hybridized carbons (Fsp3) is 0.533. The van der Waals surface area contributed by atoms with Gasteiger partial charge in [0.15, 0.2) is 0 Å². The predicted octanol–water partition coefficient (Wildman–Crippen LogP) is 2.82. The number of rotatable bonds is 4. The fourth-order valence-corrected chi connectivity index (χ4v) is 2.72. The number of ether oxygens (including phenoxy) is 2. The molecule has 22 heavy (non-hydrogen) atoms. The van der Waals surface area contributed by atoms with E-state index < -0.39 is 23.2 Å². The van der Waals surface area contributed by atoms with E-state index in [4.69, 9.17) is 9.47 Å². The lowest BCUT2D eigenvalue weighted by molar-refractivity contribution is -0.117. The Bertz CT molecular complexity index is 575. The maximum atomic E-state index is 12.2. The Balaban J connectivity index is 3.22. The van der Waals surface area contributed by atoms with Gasteiger partial charge in [0, 0.05) is 12.6 Å². The SMILES string of the molecule is COC(=O)c1sccc1C(C)(C=O)N(C)C(=O)OC(C)(C)C. The molecule has 122 valence electrons. The van der Waals surface area contributed by atoms with Crippen molar-refractivity contribution < 1.29 is 23.9 Å². The third-order valence-electron chi connectivity index (χ3n) is 3.17. The molecule has 1 aromatic heterocycles. The zero-order valence-electron chi connectivity index (χ0n) is 13.6. The highest BCUT2D eigenvalue weighted by Crippen LogP contribution is 2.32.